The average Bonchev–Trinajstić information content (AvgIpc) is 2.33. The molecule has 1 aliphatic heterocycles. The van der Waals surface area contributed by atoms with Crippen LogP contribution in [0.4, 0.5) is 0 Å². The van der Waals surface area contributed by atoms with E-state index in [4.69, 9.17) is 0 Å². The Labute approximate surface area is 58.1 Å². The summed E-state index contributed by atoms with van der Waals surface area (Å²) in [4.78, 5) is 15.9. The molecule has 0 aromatic carbocycles. The Balaban J connectivity index is 2.56. The molecule has 3 nitrogen and oxygen atoms in total. The Kier molecular flexibility index (Phi) is 2.10. The molecule has 0 N–H and O–H groups in total. The van der Waals surface area contributed by atoms with E-state index in [1.807, 2.05) is 6.26 Å². The molecular weight excluding hydrogens is 136 g/mol. The van der Waals surface area contributed by atoms with Gasteiger partial charge >= 0.3 is 0 Å². The molecule has 50 valence electrons. The third-order valence-electron chi connectivity index (χ3n) is 1.14. The molecule has 0 aromatic heterocycles. The maximum absolute atomic E-state index is 10.2. The second-order valence-corrected chi connectivity index (χ2v) is 2.44. The molecule has 0 radical (unpaired) electrons. The summed E-state index contributed by atoms with van der Waals surface area (Å²) in [6, 6.07) is 0. The van der Waals surface area contributed by atoms with Crippen LogP contribution in [0, 0.1) is 0 Å². The number of carbonyl (C=O) groups is 1. The number of rotatable bonds is 1. The average molecular weight is 144 g/mol. The fraction of sp³-hybridized carbons (Fsp3) is 0.600. The van der Waals surface area contributed by atoms with Crippen LogP contribution in [0.3, 0.4) is 0 Å². The van der Waals surface area contributed by atoms with Crippen LogP contribution in [0.1, 0.15) is 0 Å². The van der Waals surface area contributed by atoms with Gasteiger partial charge in [-0.15, -0.1) is 0 Å². The summed E-state index contributed by atoms with van der Waals surface area (Å²) >= 11 is 1.51. The van der Waals surface area contributed by atoms with E-state index in [0.717, 1.165) is 24.7 Å². The van der Waals surface area contributed by atoms with Crippen LogP contribution in [0.25, 0.3) is 0 Å². The molecule has 9 heavy (non-hydrogen) atoms. The second-order valence-electron chi connectivity index (χ2n) is 1.67. The highest BCUT2D eigenvalue weighted by molar-refractivity contribution is 8.13. The molecule has 0 atom stereocenters. The molecule has 1 heterocycles. The van der Waals surface area contributed by atoms with Crippen LogP contribution in [0.15, 0.2) is 4.99 Å². The quantitative estimate of drug-likeness (QED) is 0.492. The van der Waals surface area contributed by atoms with Crippen molar-refractivity contribution >= 4 is 23.3 Å². The third kappa shape index (κ3) is 1.24. The molecule has 0 saturated heterocycles. The third-order valence-corrected chi connectivity index (χ3v) is 1.87. The van der Waals surface area contributed by atoms with Gasteiger partial charge in [0.15, 0.2) is 5.17 Å². The van der Waals surface area contributed by atoms with Crippen LogP contribution in [0.5, 0.6) is 0 Å². The predicted octanol–water partition coefficient (Wildman–Crippen LogP) is 0.177. The predicted molar refractivity (Wildman–Crippen MR) is 38.6 cm³/mol. The molecular formula is C5H8N2OS. The summed E-state index contributed by atoms with van der Waals surface area (Å²) in [6.07, 6.45) is 2.74. The smallest absolute Gasteiger partial charge is 0.215 e. The topological polar surface area (TPSA) is 32.7 Å². The van der Waals surface area contributed by atoms with Gasteiger partial charge in [-0.1, -0.05) is 11.8 Å². The highest BCUT2D eigenvalue weighted by Gasteiger charge is 2.13. The van der Waals surface area contributed by atoms with Crippen molar-refractivity contribution in [3.05, 3.63) is 0 Å². The van der Waals surface area contributed by atoms with Crippen LogP contribution < -0.4 is 0 Å². The number of nitrogens with zero attached hydrogens (tertiary/aromatic N) is 2. The first-order valence-electron chi connectivity index (χ1n) is 2.69. The van der Waals surface area contributed by atoms with Crippen molar-refractivity contribution < 1.29 is 4.79 Å². The van der Waals surface area contributed by atoms with Crippen LogP contribution >= 0.6 is 11.8 Å². The van der Waals surface area contributed by atoms with Gasteiger partial charge in [-0.05, 0) is 6.26 Å². The number of amidine groups is 1. The van der Waals surface area contributed by atoms with Crippen molar-refractivity contribution in [3.8, 4) is 0 Å². The zero-order chi connectivity index (χ0) is 6.69. The van der Waals surface area contributed by atoms with Gasteiger partial charge in [-0.25, -0.2) is 0 Å². The zero-order valence-corrected chi connectivity index (χ0v) is 6.02. The highest BCUT2D eigenvalue weighted by atomic mass is 32.2. The molecule has 0 saturated carbocycles. The van der Waals surface area contributed by atoms with Crippen molar-refractivity contribution in [3.63, 3.8) is 0 Å². The van der Waals surface area contributed by atoms with E-state index in [9.17, 15) is 4.79 Å². The first-order chi connectivity index (χ1) is 4.38. The second kappa shape index (κ2) is 2.87. The summed E-state index contributed by atoms with van der Waals surface area (Å²) in [7, 11) is 0. The minimum atomic E-state index is 0.750. The van der Waals surface area contributed by atoms with Gasteiger partial charge in [0.2, 0.25) is 6.41 Å². The Morgan fingerprint density at radius 2 is 2.67 bits per heavy atom. The standard InChI is InChI=1S/C5H8N2OS/c1-9-5-6-2-3-7(5)4-8/h4H,2-3H2,1H3. The van der Waals surface area contributed by atoms with Crippen molar-refractivity contribution in [2.45, 2.75) is 0 Å². The summed E-state index contributed by atoms with van der Waals surface area (Å²) < 4.78 is 0. The summed E-state index contributed by atoms with van der Waals surface area (Å²) in [5.41, 5.74) is 0. The molecule has 0 aliphatic carbocycles. The fourth-order valence-electron chi connectivity index (χ4n) is 0.719. The number of thioether (sulfide) groups is 1. The van der Waals surface area contributed by atoms with E-state index < -0.39 is 0 Å². The number of hydrogen-bond acceptors (Lipinski definition) is 3. The fourth-order valence-corrected chi connectivity index (χ4v) is 1.31. The lowest BCUT2D eigenvalue weighted by molar-refractivity contribution is -0.114. The summed E-state index contributed by atoms with van der Waals surface area (Å²) in [5.74, 6) is 0. The normalized spacial score (nSPS) is 17.9. The molecule has 4 heteroatoms. The maximum atomic E-state index is 10.2. The minimum absolute atomic E-state index is 0.750. The van der Waals surface area contributed by atoms with E-state index in [1.54, 1.807) is 4.90 Å². The highest BCUT2D eigenvalue weighted by Crippen LogP contribution is 2.07. The van der Waals surface area contributed by atoms with Crippen molar-refractivity contribution in [2.24, 2.45) is 4.99 Å². The number of carbonyl (C=O) groups excluding carboxylic acids is 1. The van der Waals surface area contributed by atoms with E-state index in [0.29, 0.717) is 0 Å². The van der Waals surface area contributed by atoms with Crippen LogP contribution in [-0.4, -0.2) is 35.8 Å². The molecule has 1 aliphatic rings. The van der Waals surface area contributed by atoms with Gasteiger partial charge in [0.05, 0.1) is 6.54 Å². The zero-order valence-electron chi connectivity index (χ0n) is 5.20. The molecule has 0 bridgehead atoms. The number of amides is 1. The van der Waals surface area contributed by atoms with Crippen LogP contribution in [-0.2, 0) is 4.79 Å². The number of aliphatic imine (C=N–C) groups is 1. The van der Waals surface area contributed by atoms with Gasteiger partial charge in [0.25, 0.3) is 0 Å². The van der Waals surface area contributed by atoms with Crippen molar-refractivity contribution in [1.82, 2.24) is 4.90 Å². The summed E-state index contributed by atoms with van der Waals surface area (Å²) in [6.45, 7) is 1.51. The largest absolute Gasteiger partial charge is 0.292 e. The first kappa shape index (κ1) is 6.61. The molecule has 0 aromatic rings. The summed E-state index contributed by atoms with van der Waals surface area (Å²) in [5, 5.41) is 0.838. The molecule has 1 rings (SSSR count). The van der Waals surface area contributed by atoms with Gasteiger partial charge < -0.3 is 0 Å². The SMILES string of the molecule is CSC1=NCCN1C=O. The molecule has 0 fully saturated rings. The first-order valence-corrected chi connectivity index (χ1v) is 3.91. The Morgan fingerprint density at radius 1 is 1.89 bits per heavy atom. The van der Waals surface area contributed by atoms with Crippen molar-refractivity contribution in [2.75, 3.05) is 19.3 Å². The monoisotopic (exact) mass is 144 g/mol. The number of hydrogen-bond donors (Lipinski definition) is 0. The molecule has 0 unspecified atom stereocenters. The molecule has 1 amide bonds. The van der Waals surface area contributed by atoms with E-state index in [-0.39, 0.29) is 0 Å². The lowest BCUT2D eigenvalue weighted by atomic mass is 10.6. The van der Waals surface area contributed by atoms with Gasteiger partial charge in [0, 0.05) is 6.54 Å². The lowest BCUT2D eigenvalue weighted by Gasteiger charge is -2.07. The van der Waals surface area contributed by atoms with E-state index >= 15 is 0 Å². The van der Waals surface area contributed by atoms with Crippen LogP contribution in [0.2, 0.25) is 0 Å². The Bertz CT molecular complexity index is 146. The minimum Gasteiger partial charge on any atom is -0.292 e. The Hall–Kier alpha value is -0.510. The van der Waals surface area contributed by atoms with Crippen molar-refractivity contribution in [1.29, 1.82) is 0 Å². The molecule has 0 spiro atoms. The lowest BCUT2D eigenvalue weighted by Crippen LogP contribution is -2.23. The van der Waals surface area contributed by atoms with E-state index in [2.05, 4.69) is 4.99 Å². The maximum Gasteiger partial charge on any atom is 0.215 e. The van der Waals surface area contributed by atoms with Gasteiger partial charge in [0.1, 0.15) is 0 Å². The Morgan fingerprint density at radius 3 is 3.11 bits per heavy atom. The van der Waals surface area contributed by atoms with Gasteiger partial charge in [-0.3, -0.25) is 14.7 Å². The van der Waals surface area contributed by atoms with E-state index in [1.165, 1.54) is 11.8 Å². The van der Waals surface area contributed by atoms with Gasteiger partial charge in [-0.2, -0.15) is 0 Å².